The quantitative estimate of drug-likeness (QED) is 0.818. The molecule has 1 heterocycles. The molecule has 0 amide bonds. The largest absolute Gasteiger partial charge is 0.389 e. The third kappa shape index (κ3) is 5.04. The normalized spacial score (nSPS) is 29.8. The fraction of sp³-hybridized carbons (Fsp3) is 0.941. The molecule has 0 aromatic carbocycles. The summed E-state index contributed by atoms with van der Waals surface area (Å²) in [4.78, 5) is 14.6. The van der Waals surface area contributed by atoms with Gasteiger partial charge in [-0.05, 0) is 46.1 Å². The molecule has 1 saturated heterocycles. The van der Waals surface area contributed by atoms with Crippen LogP contribution in [0.15, 0.2) is 0 Å². The number of piperidine rings is 1. The van der Waals surface area contributed by atoms with Crippen LogP contribution in [0.25, 0.3) is 0 Å². The Hall–Kier alpha value is -0.450. The van der Waals surface area contributed by atoms with Crippen molar-refractivity contribution in [2.75, 3.05) is 19.7 Å². The molecule has 21 heavy (non-hydrogen) atoms. The Morgan fingerprint density at radius 2 is 2.00 bits per heavy atom. The first-order valence-electron chi connectivity index (χ1n) is 8.64. The zero-order chi connectivity index (χ0) is 15.2. The molecule has 1 aliphatic carbocycles. The summed E-state index contributed by atoms with van der Waals surface area (Å²) in [6.07, 6.45) is 7.23. The van der Waals surface area contributed by atoms with Crippen LogP contribution in [0.4, 0.5) is 0 Å². The van der Waals surface area contributed by atoms with Crippen LogP contribution in [0.1, 0.15) is 58.8 Å². The van der Waals surface area contributed by atoms with E-state index >= 15 is 0 Å². The highest BCUT2D eigenvalue weighted by Crippen LogP contribution is 2.31. The van der Waals surface area contributed by atoms with Crippen molar-refractivity contribution in [3.8, 4) is 0 Å². The molecule has 1 saturated carbocycles. The predicted octanol–water partition coefficient (Wildman–Crippen LogP) is 2.39. The van der Waals surface area contributed by atoms with E-state index in [4.69, 9.17) is 4.74 Å². The molecule has 2 fully saturated rings. The second kappa shape index (κ2) is 8.25. The van der Waals surface area contributed by atoms with Crippen molar-refractivity contribution >= 4 is 5.78 Å². The number of carbonyl (C=O) groups excluding carboxylic acids is 1. The third-order valence-electron chi connectivity index (χ3n) is 4.80. The van der Waals surface area contributed by atoms with Crippen molar-refractivity contribution in [2.45, 2.75) is 77.0 Å². The Kier molecular flexibility index (Phi) is 6.65. The van der Waals surface area contributed by atoms with Gasteiger partial charge in [-0.2, -0.15) is 0 Å². The van der Waals surface area contributed by atoms with E-state index in [1.54, 1.807) is 0 Å². The Bertz CT molecular complexity index is 332. The molecule has 0 aromatic heterocycles. The predicted molar refractivity (Wildman–Crippen MR) is 83.3 cm³/mol. The number of rotatable bonds is 6. The van der Waals surface area contributed by atoms with Crippen molar-refractivity contribution in [3.05, 3.63) is 0 Å². The maximum atomic E-state index is 12.2. The van der Waals surface area contributed by atoms with E-state index < -0.39 is 6.10 Å². The zero-order valence-corrected chi connectivity index (χ0v) is 13.6. The average Bonchev–Trinajstić information content (AvgIpc) is 2.46. The van der Waals surface area contributed by atoms with Crippen LogP contribution in [0, 0.1) is 5.92 Å². The van der Waals surface area contributed by atoms with Gasteiger partial charge in [0.15, 0.2) is 0 Å². The first-order valence-corrected chi connectivity index (χ1v) is 8.64. The minimum atomic E-state index is -0.452. The second-order valence-corrected chi connectivity index (χ2v) is 6.91. The van der Waals surface area contributed by atoms with Crippen LogP contribution < -0.4 is 0 Å². The second-order valence-electron chi connectivity index (χ2n) is 6.91. The van der Waals surface area contributed by atoms with Gasteiger partial charge in [0.2, 0.25) is 0 Å². The number of ketones is 1. The summed E-state index contributed by atoms with van der Waals surface area (Å²) in [6.45, 7) is 6.00. The Labute approximate surface area is 128 Å². The summed E-state index contributed by atoms with van der Waals surface area (Å²) in [5, 5.41) is 10.2. The van der Waals surface area contributed by atoms with Gasteiger partial charge in [-0.1, -0.05) is 12.8 Å². The molecule has 4 heteroatoms. The highest BCUT2D eigenvalue weighted by molar-refractivity contribution is 5.82. The molecule has 4 nitrogen and oxygen atoms in total. The SMILES string of the molecule is CC(C)OCC(O)CN1CCCCC1C1CCCCC1=O. The first kappa shape index (κ1) is 16.9. The van der Waals surface area contributed by atoms with Crippen LogP contribution in [0.5, 0.6) is 0 Å². The zero-order valence-electron chi connectivity index (χ0n) is 13.6. The number of Topliss-reactive ketones (excluding diaryl/α,β-unsaturated/α-hetero) is 1. The van der Waals surface area contributed by atoms with Gasteiger partial charge >= 0.3 is 0 Å². The van der Waals surface area contributed by atoms with E-state index in [1.807, 2.05) is 13.8 Å². The Morgan fingerprint density at radius 1 is 1.24 bits per heavy atom. The fourth-order valence-corrected chi connectivity index (χ4v) is 3.74. The summed E-state index contributed by atoms with van der Waals surface area (Å²) < 4.78 is 5.50. The molecule has 0 spiro atoms. The van der Waals surface area contributed by atoms with Crippen molar-refractivity contribution in [3.63, 3.8) is 0 Å². The molecule has 0 aromatic rings. The number of carbonyl (C=O) groups is 1. The molecule has 1 aliphatic heterocycles. The summed E-state index contributed by atoms with van der Waals surface area (Å²) in [7, 11) is 0. The number of aliphatic hydroxyl groups is 1. The van der Waals surface area contributed by atoms with Gasteiger partial charge < -0.3 is 9.84 Å². The van der Waals surface area contributed by atoms with Crippen LogP contribution in [0.3, 0.4) is 0 Å². The van der Waals surface area contributed by atoms with E-state index in [0.717, 1.165) is 32.2 Å². The van der Waals surface area contributed by atoms with Gasteiger partial charge in [0, 0.05) is 24.9 Å². The maximum absolute atomic E-state index is 12.2. The molecule has 3 atom stereocenters. The fourth-order valence-electron chi connectivity index (χ4n) is 3.74. The standard InChI is InChI=1S/C17H31NO3/c1-13(2)21-12-14(19)11-18-10-6-5-8-16(18)15-7-3-4-9-17(15)20/h13-16,19H,3-12H2,1-2H3. The van der Waals surface area contributed by atoms with Crippen molar-refractivity contribution in [1.29, 1.82) is 0 Å². The lowest BCUT2D eigenvalue weighted by molar-refractivity contribution is -0.128. The van der Waals surface area contributed by atoms with E-state index in [9.17, 15) is 9.90 Å². The lowest BCUT2D eigenvalue weighted by Crippen LogP contribution is -2.50. The van der Waals surface area contributed by atoms with Crippen molar-refractivity contribution < 1.29 is 14.6 Å². The third-order valence-corrected chi connectivity index (χ3v) is 4.80. The van der Waals surface area contributed by atoms with E-state index in [1.165, 1.54) is 19.3 Å². The van der Waals surface area contributed by atoms with E-state index in [2.05, 4.69) is 4.90 Å². The van der Waals surface area contributed by atoms with Crippen LogP contribution in [0.2, 0.25) is 0 Å². The van der Waals surface area contributed by atoms with Crippen LogP contribution in [-0.2, 0) is 9.53 Å². The number of β-amino-alcohol motifs (C(OH)–C–C–N with tert-alkyl or cyclic N) is 1. The summed E-state index contributed by atoms with van der Waals surface area (Å²) in [5.41, 5.74) is 0. The molecule has 2 rings (SSSR count). The molecular weight excluding hydrogens is 266 g/mol. The topological polar surface area (TPSA) is 49.8 Å². The maximum Gasteiger partial charge on any atom is 0.137 e. The first-order chi connectivity index (χ1) is 10.1. The van der Waals surface area contributed by atoms with Gasteiger partial charge in [0.25, 0.3) is 0 Å². The highest BCUT2D eigenvalue weighted by Gasteiger charge is 2.35. The molecular formula is C17H31NO3. The average molecular weight is 297 g/mol. The number of hydrogen-bond acceptors (Lipinski definition) is 4. The van der Waals surface area contributed by atoms with Gasteiger partial charge in [0.05, 0.1) is 18.8 Å². The van der Waals surface area contributed by atoms with Gasteiger partial charge in [-0.25, -0.2) is 0 Å². The number of likely N-dealkylation sites (tertiary alicyclic amines) is 1. The minimum Gasteiger partial charge on any atom is -0.389 e. The van der Waals surface area contributed by atoms with Crippen LogP contribution >= 0.6 is 0 Å². The van der Waals surface area contributed by atoms with Gasteiger partial charge in [0.1, 0.15) is 5.78 Å². The number of ether oxygens (including phenoxy) is 1. The molecule has 2 aliphatic rings. The molecule has 3 unspecified atom stereocenters. The van der Waals surface area contributed by atoms with Gasteiger partial charge in [-0.3, -0.25) is 9.69 Å². The molecule has 122 valence electrons. The molecule has 0 radical (unpaired) electrons. The summed E-state index contributed by atoms with van der Waals surface area (Å²) in [5.74, 6) is 0.656. The van der Waals surface area contributed by atoms with Crippen molar-refractivity contribution in [2.24, 2.45) is 5.92 Å². The minimum absolute atomic E-state index is 0.150. The number of aliphatic hydroxyl groups excluding tert-OH is 1. The van der Waals surface area contributed by atoms with Crippen LogP contribution in [-0.4, -0.2) is 53.7 Å². The van der Waals surface area contributed by atoms with E-state index in [-0.39, 0.29) is 12.0 Å². The molecule has 0 bridgehead atoms. The summed E-state index contributed by atoms with van der Waals surface area (Å²) >= 11 is 0. The molecule has 1 N–H and O–H groups in total. The van der Waals surface area contributed by atoms with E-state index in [0.29, 0.717) is 25.0 Å². The summed E-state index contributed by atoms with van der Waals surface area (Å²) in [6, 6.07) is 0.347. The Morgan fingerprint density at radius 3 is 2.71 bits per heavy atom. The monoisotopic (exact) mass is 297 g/mol. The highest BCUT2D eigenvalue weighted by atomic mass is 16.5. The number of hydrogen-bond donors (Lipinski definition) is 1. The lowest BCUT2D eigenvalue weighted by atomic mass is 9.79. The van der Waals surface area contributed by atoms with Gasteiger partial charge in [-0.15, -0.1) is 0 Å². The smallest absolute Gasteiger partial charge is 0.137 e. The Balaban J connectivity index is 1.90. The lowest BCUT2D eigenvalue weighted by Gasteiger charge is -2.42. The number of nitrogens with zero attached hydrogens (tertiary/aromatic N) is 1. The van der Waals surface area contributed by atoms with Crippen molar-refractivity contribution in [1.82, 2.24) is 4.90 Å².